The van der Waals surface area contributed by atoms with Crippen molar-refractivity contribution in [2.24, 2.45) is 5.73 Å². The van der Waals surface area contributed by atoms with E-state index in [1.54, 1.807) is 19.1 Å². The fourth-order valence-corrected chi connectivity index (χ4v) is 3.88. The van der Waals surface area contributed by atoms with Gasteiger partial charge in [-0.25, -0.2) is 8.42 Å². The third kappa shape index (κ3) is 2.66. The maximum Gasteiger partial charge on any atom is 0.243 e. The highest BCUT2D eigenvalue weighted by Crippen LogP contribution is 2.26. The van der Waals surface area contributed by atoms with E-state index in [9.17, 15) is 8.42 Å². The number of thiocarbonyl (C=S) groups is 1. The Labute approximate surface area is 119 Å². The highest BCUT2D eigenvalue weighted by Gasteiger charge is 2.27. The van der Waals surface area contributed by atoms with E-state index in [1.165, 1.54) is 16.9 Å². The summed E-state index contributed by atoms with van der Waals surface area (Å²) in [5.74, 6) is 0. The lowest BCUT2D eigenvalue weighted by Crippen LogP contribution is -2.42. The SMILES string of the molecule is CC(C(N)=S)N(C)S(=O)(=O)c1ccc2c(c1)CCC2. The number of nitrogens with two attached hydrogens (primary N) is 1. The van der Waals surface area contributed by atoms with Gasteiger partial charge < -0.3 is 5.73 Å². The molecule has 2 rings (SSSR count). The summed E-state index contributed by atoms with van der Waals surface area (Å²) in [5.41, 5.74) is 7.92. The molecule has 104 valence electrons. The zero-order valence-corrected chi connectivity index (χ0v) is 12.7. The van der Waals surface area contributed by atoms with Crippen LogP contribution >= 0.6 is 12.2 Å². The number of hydrogen-bond donors (Lipinski definition) is 1. The Hall–Kier alpha value is -0.980. The molecule has 19 heavy (non-hydrogen) atoms. The van der Waals surface area contributed by atoms with Crippen molar-refractivity contribution in [2.45, 2.75) is 37.1 Å². The van der Waals surface area contributed by atoms with Crippen molar-refractivity contribution in [1.82, 2.24) is 4.31 Å². The van der Waals surface area contributed by atoms with Gasteiger partial charge in [-0.05, 0) is 49.4 Å². The third-order valence-electron chi connectivity index (χ3n) is 3.70. The van der Waals surface area contributed by atoms with Crippen molar-refractivity contribution < 1.29 is 8.42 Å². The lowest BCUT2D eigenvalue weighted by molar-refractivity contribution is 0.451. The van der Waals surface area contributed by atoms with Gasteiger partial charge in [0, 0.05) is 7.05 Å². The summed E-state index contributed by atoms with van der Waals surface area (Å²) in [4.78, 5) is 0.492. The Kier molecular flexibility index (Phi) is 3.94. The van der Waals surface area contributed by atoms with Gasteiger partial charge in [-0.1, -0.05) is 18.3 Å². The van der Waals surface area contributed by atoms with Crippen LogP contribution in [-0.2, 0) is 22.9 Å². The van der Waals surface area contributed by atoms with E-state index in [4.69, 9.17) is 18.0 Å². The lowest BCUT2D eigenvalue weighted by atomic mass is 10.1. The molecule has 1 aliphatic carbocycles. The first-order valence-corrected chi connectivity index (χ1v) is 8.08. The molecule has 1 atom stereocenters. The number of nitrogens with zero attached hydrogens (tertiary/aromatic N) is 1. The van der Waals surface area contributed by atoms with Crippen LogP contribution in [0.15, 0.2) is 23.1 Å². The van der Waals surface area contributed by atoms with E-state index in [2.05, 4.69) is 0 Å². The van der Waals surface area contributed by atoms with E-state index in [0.29, 0.717) is 4.90 Å². The van der Waals surface area contributed by atoms with Crippen molar-refractivity contribution in [1.29, 1.82) is 0 Å². The van der Waals surface area contributed by atoms with Crippen LogP contribution < -0.4 is 5.73 Å². The van der Waals surface area contributed by atoms with Crippen molar-refractivity contribution in [3.05, 3.63) is 29.3 Å². The minimum atomic E-state index is -3.54. The summed E-state index contributed by atoms with van der Waals surface area (Å²) in [6, 6.07) is 4.87. The molecule has 0 saturated heterocycles. The van der Waals surface area contributed by atoms with Gasteiger partial charge in [0.25, 0.3) is 0 Å². The van der Waals surface area contributed by atoms with Gasteiger partial charge in [-0.2, -0.15) is 4.31 Å². The number of likely N-dealkylation sites (N-methyl/N-ethyl adjacent to an activating group) is 1. The molecule has 0 spiro atoms. The zero-order valence-electron chi connectivity index (χ0n) is 11.1. The van der Waals surface area contributed by atoms with Crippen LogP contribution in [-0.4, -0.2) is 30.8 Å². The lowest BCUT2D eigenvalue weighted by Gasteiger charge is -2.23. The van der Waals surface area contributed by atoms with Crippen LogP contribution in [0.4, 0.5) is 0 Å². The molecule has 0 aliphatic heterocycles. The zero-order chi connectivity index (χ0) is 14.2. The van der Waals surface area contributed by atoms with Gasteiger partial charge >= 0.3 is 0 Å². The number of sulfonamides is 1. The second-order valence-corrected chi connectivity index (χ2v) is 7.35. The van der Waals surface area contributed by atoms with Crippen molar-refractivity contribution in [3.63, 3.8) is 0 Å². The normalized spacial score (nSPS) is 16.4. The molecule has 2 N–H and O–H groups in total. The average molecular weight is 298 g/mol. The number of benzene rings is 1. The van der Waals surface area contributed by atoms with Gasteiger partial charge in [0.2, 0.25) is 10.0 Å². The molecule has 1 aliphatic rings. The Bertz CT molecular complexity index is 611. The molecule has 0 amide bonds. The van der Waals surface area contributed by atoms with Gasteiger partial charge in [-0.3, -0.25) is 0 Å². The molecular weight excluding hydrogens is 280 g/mol. The minimum absolute atomic E-state index is 0.173. The van der Waals surface area contributed by atoms with E-state index < -0.39 is 16.1 Å². The predicted molar refractivity (Wildman–Crippen MR) is 79.7 cm³/mol. The third-order valence-corrected chi connectivity index (χ3v) is 5.97. The second-order valence-electron chi connectivity index (χ2n) is 4.88. The highest BCUT2D eigenvalue weighted by molar-refractivity contribution is 7.89. The Morgan fingerprint density at radius 1 is 1.37 bits per heavy atom. The molecule has 1 unspecified atom stereocenters. The van der Waals surface area contributed by atoms with Crippen LogP contribution in [0, 0.1) is 0 Å². The summed E-state index contributed by atoms with van der Waals surface area (Å²) in [6.07, 6.45) is 3.08. The molecular formula is C13H18N2O2S2. The fourth-order valence-electron chi connectivity index (χ4n) is 2.26. The molecule has 0 saturated carbocycles. The van der Waals surface area contributed by atoms with Crippen molar-refractivity contribution in [3.8, 4) is 0 Å². The number of rotatable bonds is 4. The van der Waals surface area contributed by atoms with Crippen LogP contribution in [0.3, 0.4) is 0 Å². The molecule has 6 heteroatoms. The topological polar surface area (TPSA) is 63.4 Å². The molecule has 0 radical (unpaired) electrons. The van der Waals surface area contributed by atoms with Crippen LogP contribution in [0.1, 0.15) is 24.5 Å². The molecule has 1 aromatic rings. The second kappa shape index (κ2) is 5.19. The fraction of sp³-hybridized carbons (Fsp3) is 0.462. The molecule has 0 aromatic heterocycles. The average Bonchev–Trinajstić information content (AvgIpc) is 2.83. The van der Waals surface area contributed by atoms with E-state index in [0.717, 1.165) is 24.8 Å². The predicted octanol–water partition coefficient (Wildman–Crippen LogP) is 1.47. The molecule has 4 nitrogen and oxygen atoms in total. The Morgan fingerprint density at radius 3 is 2.63 bits per heavy atom. The van der Waals surface area contributed by atoms with Crippen molar-refractivity contribution in [2.75, 3.05) is 7.05 Å². The summed E-state index contributed by atoms with van der Waals surface area (Å²) in [6.45, 7) is 1.69. The summed E-state index contributed by atoms with van der Waals surface area (Å²) in [7, 11) is -2.03. The van der Waals surface area contributed by atoms with Crippen LogP contribution in [0.2, 0.25) is 0 Å². The maximum atomic E-state index is 12.5. The van der Waals surface area contributed by atoms with Crippen molar-refractivity contribution >= 4 is 27.2 Å². The molecule has 0 fully saturated rings. The summed E-state index contributed by atoms with van der Waals surface area (Å²) >= 11 is 4.86. The maximum absolute atomic E-state index is 12.5. The van der Waals surface area contributed by atoms with E-state index >= 15 is 0 Å². The first-order chi connectivity index (χ1) is 8.84. The number of hydrogen-bond acceptors (Lipinski definition) is 3. The van der Waals surface area contributed by atoms with Gasteiger partial charge in [0.15, 0.2) is 0 Å². The standard InChI is InChI=1S/C13H18N2O2S2/c1-9(13(14)18)15(2)19(16,17)12-7-6-10-4-3-5-11(10)8-12/h6-9H,3-5H2,1-2H3,(H2,14,18). The molecule has 1 aromatic carbocycles. The van der Waals surface area contributed by atoms with Gasteiger partial charge in [0.1, 0.15) is 0 Å². The van der Waals surface area contributed by atoms with Crippen LogP contribution in [0.5, 0.6) is 0 Å². The Morgan fingerprint density at radius 2 is 2.00 bits per heavy atom. The smallest absolute Gasteiger partial charge is 0.243 e. The van der Waals surface area contributed by atoms with E-state index in [1.807, 2.05) is 6.07 Å². The largest absolute Gasteiger partial charge is 0.392 e. The summed E-state index contributed by atoms with van der Waals surface area (Å²) < 4.78 is 26.2. The van der Waals surface area contributed by atoms with Crippen LogP contribution in [0.25, 0.3) is 0 Å². The Balaban J connectivity index is 2.37. The highest BCUT2D eigenvalue weighted by atomic mass is 32.2. The summed E-state index contributed by atoms with van der Waals surface area (Å²) in [5, 5.41) is 0. The minimum Gasteiger partial charge on any atom is -0.392 e. The quantitative estimate of drug-likeness (QED) is 0.855. The van der Waals surface area contributed by atoms with E-state index in [-0.39, 0.29) is 4.99 Å². The first kappa shape index (κ1) is 14.4. The number of aryl methyl sites for hydroxylation is 2. The monoisotopic (exact) mass is 298 g/mol. The van der Waals surface area contributed by atoms with Gasteiger partial charge in [-0.15, -0.1) is 0 Å². The molecule has 0 bridgehead atoms. The molecule has 0 heterocycles. The first-order valence-electron chi connectivity index (χ1n) is 6.23. The van der Waals surface area contributed by atoms with Gasteiger partial charge in [0.05, 0.1) is 15.9 Å². The number of fused-ring (bicyclic) bond motifs is 1.